The molecule has 1 atom stereocenters. The summed E-state index contributed by atoms with van der Waals surface area (Å²) in [6.45, 7) is 4.85. The first kappa shape index (κ1) is 19.3. The van der Waals surface area contributed by atoms with E-state index in [1.807, 2.05) is 29.2 Å². The number of nitrogens with zero attached hydrogens (tertiary/aromatic N) is 2. The summed E-state index contributed by atoms with van der Waals surface area (Å²) in [5.41, 5.74) is 6.76. The highest BCUT2D eigenvalue weighted by Gasteiger charge is 2.22. The van der Waals surface area contributed by atoms with Crippen molar-refractivity contribution in [1.82, 2.24) is 4.90 Å². The van der Waals surface area contributed by atoms with Crippen LogP contribution in [-0.2, 0) is 4.79 Å². The van der Waals surface area contributed by atoms with Gasteiger partial charge in [0.25, 0.3) is 0 Å². The molecule has 2 N–H and O–H groups in total. The fourth-order valence-corrected chi connectivity index (χ4v) is 2.25. The molecule has 0 unspecified atom stereocenters. The second-order valence-corrected chi connectivity index (χ2v) is 5.01. The number of rotatable bonds is 2. The van der Waals surface area contributed by atoms with Gasteiger partial charge in [-0.15, -0.1) is 24.8 Å². The molecule has 1 aliphatic heterocycles. The van der Waals surface area contributed by atoms with Crippen molar-refractivity contribution in [1.29, 1.82) is 0 Å². The van der Waals surface area contributed by atoms with E-state index >= 15 is 0 Å². The third-order valence-corrected chi connectivity index (χ3v) is 3.42. The molecule has 1 heterocycles. The summed E-state index contributed by atoms with van der Waals surface area (Å²) in [6, 6.07) is 7.37. The quantitative estimate of drug-likeness (QED) is 0.898. The van der Waals surface area contributed by atoms with Crippen LogP contribution in [0.2, 0.25) is 5.02 Å². The predicted molar refractivity (Wildman–Crippen MR) is 88.4 cm³/mol. The number of halogens is 3. The Kier molecular flexibility index (Phi) is 8.28. The van der Waals surface area contributed by atoms with E-state index in [1.165, 1.54) is 0 Å². The fourth-order valence-electron chi connectivity index (χ4n) is 2.12. The molecule has 0 radical (unpaired) electrons. The highest BCUT2D eigenvalue weighted by molar-refractivity contribution is 6.30. The first-order valence-electron chi connectivity index (χ1n) is 6.13. The van der Waals surface area contributed by atoms with Gasteiger partial charge in [0.05, 0.1) is 6.04 Å². The van der Waals surface area contributed by atoms with E-state index in [2.05, 4.69) is 4.90 Å². The molecule has 0 aromatic heterocycles. The van der Waals surface area contributed by atoms with E-state index in [4.69, 9.17) is 17.3 Å². The maximum atomic E-state index is 11.8. The third kappa shape index (κ3) is 4.70. The summed E-state index contributed by atoms with van der Waals surface area (Å²) < 4.78 is 0. The lowest BCUT2D eigenvalue weighted by Crippen LogP contribution is -2.52. The number of amides is 1. The zero-order chi connectivity index (χ0) is 13.1. The molecule has 1 aromatic carbocycles. The van der Waals surface area contributed by atoms with E-state index in [9.17, 15) is 4.79 Å². The minimum Gasteiger partial charge on any atom is -0.368 e. The molecule has 0 aliphatic carbocycles. The maximum absolute atomic E-state index is 11.8. The highest BCUT2D eigenvalue weighted by Crippen LogP contribution is 2.19. The molecule has 1 saturated heterocycles. The Balaban J connectivity index is 0.00000180. The van der Waals surface area contributed by atoms with Gasteiger partial charge in [0.2, 0.25) is 5.91 Å². The van der Waals surface area contributed by atoms with E-state index in [-0.39, 0.29) is 30.7 Å². The van der Waals surface area contributed by atoms with Crippen LogP contribution in [0, 0.1) is 0 Å². The Morgan fingerprint density at radius 3 is 2.10 bits per heavy atom. The molecule has 1 amide bonds. The van der Waals surface area contributed by atoms with E-state index in [0.29, 0.717) is 0 Å². The van der Waals surface area contributed by atoms with Gasteiger partial charge >= 0.3 is 0 Å². The van der Waals surface area contributed by atoms with Crippen LogP contribution in [0.5, 0.6) is 0 Å². The Morgan fingerprint density at radius 2 is 1.65 bits per heavy atom. The summed E-state index contributed by atoms with van der Waals surface area (Å²) in [5, 5.41) is 0.740. The number of nitrogens with two attached hydrogens (primary N) is 1. The second kappa shape index (κ2) is 8.57. The minimum atomic E-state index is -0.410. The van der Waals surface area contributed by atoms with Gasteiger partial charge in [-0.25, -0.2) is 0 Å². The highest BCUT2D eigenvalue weighted by atomic mass is 35.5. The monoisotopic (exact) mass is 339 g/mol. The number of carbonyl (C=O) groups excluding carboxylic acids is 1. The molecular formula is C13H20Cl3N3O. The molecular weight excluding hydrogens is 321 g/mol. The molecule has 1 fully saturated rings. The number of benzene rings is 1. The average molecular weight is 341 g/mol. The average Bonchev–Trinajstić information content (AvgIpc) is 2.39. The van der Waals surface area contributed by atoms with Crippen LogP contribution in [0.25, 0.3) is 0 Å². The van der Waals surface area contributed by atoms with Gasteiger partial charge in [0.1, 0.15) is 0 Å². The summed E-state index contributed by atoms with van der Waals surface area (Å²) in [4.78, 5) is 15.8. The van der Waals surface area contributed by atoms with Gasteiger partial charge in [-0.05, 0) is 31.2 Å². The SMILES string of the molecule is C[C@@H](N)C(=O)N1CCN(c2ccc(Cl)cc2)CC1.Cl.Cl. The predicted octanol–water partition coefficient (Wildman–Crippen LogP) is 2.18. The zero-order valence-corrected chi connectivity index (χ0v) is 13.7. The lowest BCUT2D eigenvalue weighted by atomic mass is 10.2. The molecule has 0 spiro atoms. The Morgan fingerprint density at radius 1 is 1.15 bits per heavy atom. The first-order chi connectivity index (χ1) is 8.58. The second-order valence-electron chi connectivity index (χ2n) is 4.58. The van der Waals surface area contributed by atoms with Crippen molar-refractivity contribution in [2.24, 2.45) is 5.73 Å². The number of carbonyl (C=O) groups is 1. The van der Waals surface area contributed by atoms with Crippen molar-refractivity contribution < 1.29 is 4.79 Å². The van der Waals surface area contributed by atoms with Crippen molar-refractivity contribution in [3.05, 3.63) is 29.3 Å². The topological polar surface area (TPSA) is 49.6 Å². The van der Waals surface area contributed by atoms with Crippen LogP contribution < -0.4 is 10.6 Å². The summed E-state index contributed by atoms with van der Waals surface area (Å²) in [5.74, 6) is 0.0331. The van der Waals surface area contributed by atoms with Gasteiger partial charge < -0.3 is 15.5 Å². The van der Waals surface area contributed by atoms with Gasteiger partial charge in [-0.3, -0.25) is 4.79 Å². The van der Waals surface area contributed by atoms with Crippen LogP contribution in [0.15, 0.2) is 24.3 Å². The Labute approximate surface area is 137 Å². The largest absolute Gasteiger partial charge is 0.368 e. The lowest BCUT2D eigenvalue weighted by molar-refractivity contribution is -0.132. The molecule has 4 nitrogen and oxygen atoms in total. The Bertz CT molecular complexity index is 417. The smallest absolute Gasteiger partial charge is 0.239 e. The van der Waals surface area contributed by atoms with Gasteiger partial charge in [-0.2, -0.15) is 0 Å². The fraction of sp³-hybridized carbons (Fsp3) is 0.462. The number of anilines is 1. The third-order valence-electron chi connectivity index (χ3n) is 3.17. The molecule has 1 aliphatic rings. The van der Waals surface area contributed by atoms with Crippen molar-refractivity contribution in [3.63, 3.8) is 0 Å². The van der Waals surface area contributed by atoms with Gasteiger partial charge in [0.15, 0.2) is 0 Å². The summed E-state index contributed by atoms with van der Waals surface area (Å²) >= 11 is 5.86. The van der Waals surface area contributed by atoms with Crippen molar-refractivity contribution in [2.45, 2.75) is 13.0 Å². The molecule has 1 aromatic rings. The van der Waals surface area contributed by atoms with Crippen molar-refractivity contribution >= 4 is 48.0 Å². The number of piperazine rings is 1. The number of hydrogen-bond donors (Lipinski definition) is 1. The van der Waals surface area contributed by atoms with Crippen LogP contribution in [-0.4, -0.2) is 43.0 Å². The lowest BCUT2D eigenvalue weighted by Gasteiger charge is -2.36. The van der Waals surface area contributed by atoms with Crippen LogP contribution >= 0.6 is 36.4 Å². The first-order valence-corrected chi connectivity index (χ1v) is 6.50. The van der Waals surface area contributed by atoms with Crippen LogP contribution in [0.1, 0.15) is 6.92 Å². The van der Waals surface area contributed by atoms with Gasteiger partial charge in [0, 0.05) is 36.9 Å². The molecule has 2 rings (SSSR count). The number of hydrogen-bond acceptors (Lipinski definition) is 3. The molecule has 20 heavy (non-hydrogen) atoms. The van der Waals surface area contributed by atoms with Crippen LogP contribution in [0.4, 0.5) is 5.69 Å². The molecule has 0 saturated carbocycles. The zero-order valence-electron chi connectivity index (χ0n) is 11.3. The minimum absolute atomic E-state index is 0. The molecule has 7 heteroatoms. The van der Waals surface area contributed by atoms with Crippen molar-refractivity contribution in [2.75, 3.05) is 31.1 Å². The standard InChI is InChI=1S/C13H18ClN3O.2ClH/c1-10(15)13(18)17-8-6-16(7-9-17)12-4-2-11(14)3-5-12;;/h2-5,10H,6-9,15H2,1H3;2*1H/t10-;;/m1../s1. The Hall–Kier alpha value is -0.680. The van der Waals surface area contributed by atoms with Crippen LogP contribution in [0.3, 0.4) is 0 Å². The van der Waals surface area contributed by atoms with Crippen molar-refractivity contribution in [3.8, 4) is 0 Å². The molecule has 114 valence electrons. The summed E-state index contributed by atoms with van der Waals surface area (Å²) in [6.07, 6.45) is 0. The van der Waals surface area contributed by atoms with E-state index in [1.54, 1.807) is 6.92 Å². The normalized spacial score (nSPS) is 15.9. The molecule has 0 bridgehead atoms. The van der Waals surface area contributed by atoms with E-state index < -0.39 is 6.04 Å². The van der Waals surface area contributed by atoms with Gasteiger partial charge in [-0.1, -0.05) is 11.6 Å². The van der Waals surface area contributed by atoms with E-state index in [0.717, 1.165) is 36.9 Å². The summed E-state index contributed by atoms with van der Waals surface area (Å²) in [7, 11) is 0. The maximum Gasteiger partial charge on any atom is 0.239 e.